The van der Waals surface area contributed by atoms with E-state index in [1.54, 1.807) is 36.4 Å². The third-order valence-corrected chi connectivity index (χ3v) is 11.2. The second-order valence-electron chi connectivity index (χ2n) is 13.6. The predicted octanol–water partition coefficient (Wildman–Crippen LogP) is 7.04. The zero-order valence-corrected chi connectivity index (χ0v) is 29.1. The average molecular weight is 702 g/mol. The summed E-state index contributed by atoms with van der Waals surface area (Å²) in [6, 6.07) is 25.8. The monoisotopic (exact) mass is 701 g/mol. The molecule has 4 aromatic rings. The normalized spacial score (nSPS) is 19.2. The minimum absolute atomic E-state index is 0.125. The van der Waals surface area contributed by atoms with Crippen molar-refractivity contribution in [2.45, 2.75) is 32.4 Å². The molecule has 2 saturated heterocycles. The number of para-hydroxylation sites is 2. The molecule has 0 saturated carbocycles. The molecule has 3 aromatic carbocycles. The minimum atomic E-state index is -0.555. The van der Waals surface area contributed by atoms with Gasteiger partial charge >= 0.3 is 6.09 Å². The van der Waals surface area contributed by atoms with Gasteiger partial charge < -0.3 is 25.0 Å². The Morgan fingerprint density at radius 3 is 2.45 bits per heavy atom. The van der Waals surface area contributed by atoms with E-state index < -0.39 is 6.09 Å². The molecule has 51 heavy (non-hydrogen) atoms. The van der Waals surface area contributed by atoms with Crippen LogP contribution in [0.15, 0.2) is 108 Å². The number of fused-ring (bicyclic) bond motifs is 3. The molecule has 3 amide bonds. The van der Waals surface area contributed by atoms with Crippen LogP contribution < -0.4 is 25.6 Å². The van der Waals surface area contributed by atoms with Gasteiger partial charge in [-0.1, -0.05) is 36.4 Å². The Labute approximate surface area is 300 Å². The second kappa shape index (κ2) is 13.8. The molecule has 5 heterocycles. The fraction of sp³-hybridized carbons (Fsp3) is 0.275. The molecule has 0 bridgehead atoms. The number of benzene rings is 3. The van der Waals surface area contributed by atoms with Crippen molar-refractivity contribution in [3.05, 3.63) is 119 Å². The number of hydrogen-bond donors (Lipinski definition) is 3. The number of rotatable bonds is 6. The van der Waals surface area contributed by atoms with Gasteiger partial charge in [0, 0.05) is 65.7 Å². The minimum Gasteiger partial charge on any atom is -0.410 e. The van der Waals surface area contributed by atoms with Crippen LogP contribution in [0.5, 0.6) is 5.75 Å². The summed E-state index contributed by atoms with van der Waals surface area (Å²) < 4.78 is 11.0. The number of carbonyl (C=O) groups is 3. The van der Waals surface area contributed by atoms with Gasteiger partial charge in [0.2, 0.25) is 0 Å². The number of nitrogens with one attached hydrogen (secondary N) is 3. The maximum absolute atomic E-state index is 14.0. The zero-order valence-electron chi connectivity index (χ0n) is 28.3. The van der Waals surface area contributed by atoms with Gasteiger partial charge in [-0.25, -0.2) is 4.79 Å². The lowest BCUT2D eigenvalue weighted by Gasteiger charge is -2.55. The van der Waals surface area contributed by atoms with Crippen LogP contribution in [0.1, 0.15) is 35.7 Å². The summed E-state index contributed by atoms with van der Waals surface area (Å²) >= 11 is 1.46. The Kier molecular flexibility index (Phi) is 8.93. The van der Waals surface area contributed by atoms with Crippen LogP contribution in [0.2, 0.25) is 0 Å². The molecule has 3 N–H and O–H groups in total. The first-order valence-electron chi connectivity index (χ1n) is 17.3. The Hall–Kier alpha value is -5.23. The molecule has 10 nitrogen and oxygen atoms in total. The number of carbonyl (C=O) groups excluding carboxylic acids is 3. The van der Waals surface area contributed by atoms with Crippen LogP contribution in [0, 0.1) is 5.41 Å². The molecular formula is C40H39N5O5S. The molecule has 0 aliphatic carbocycles. The van der Waals surface area contributed by atoms with Crippen LogP contribution in [0.3, 0.4) is 0 Å². The molecule has 4 aliphatic heterocycles. The number of dihydropyridines is 1. The summed E-state index contributed by atoms with van der Waals surface area (Å²) in [6.07, 6.45) is 5.83. The first-order chi connectivity index (χ1) is 24.8. The molecule has 8 rings (SSSR count). The van der Waals surface area contributed by atoms with Gasteiger partial charge in [-0.15, -0.1) is 11.3 Å². The van der Waals surface area contributed by atoms with E-state index in [1.165, 1.54) is 11.3 Å². The van der Waals surface area contributed by atoms with Crippen molar-refractivity contribution in [2.24, 2.45) is 5.41 Å². The third kappa shape index (κ3) is 6.80. The molecule has 1 spiro atoms. The standard InChI is InChI=1S/C40H39N5O5S/c1-26-11-16-32(36(41-26)44-24-40(25-44)18-21-49-22-19-40)37(46)42-29-14-12-27(13-15-29)38(47)45-20-17-28-23-34(43-39(48)50-30-7-3-2-4-8-30)51-35(28)31-9-5-6-10-33(31)45/h2-16,23,36,41H,17-22,24-25H2,1H3,(H,42,46)(H,43,48). The van der Waals surface area contributed by atoms with Gasteiger partial charge in [0.1, 0.15) is 11.9 Å². The predicted molar refractivity (Wildman–Crippen MR) is 199 cm³/mol. The van der Waals surface area contributed by atoms with Gasteiger partial charge in [-0.05, 0) is 92.4 Å². The van der Waals surface area contributed by atoms with Gasteiger partial charge in [-0.2, -0.15) is 0 Å². The number of thiophene rings is 1. The average Bonchev–Trinajstić information content (AvgIpc) is 3.46. The number of hydrogen-bond acceptors (Lipinski definition) is 8. The summed E-state index contributed by atoms with van der Waals surface area (Å²) in [5.41, 5.74) is 5.91. The van der Waals surface area contributed by atoms with Crippen LogP contribution in [-0.2, 0) is 16.0 Å². The summed E-state index contributed by atoms with van der Waals surface area (Å²) in [5, 5.41) is 10.1. The van der Waals surface area contributed by atoms with E-state index in [0.717, 1.165) is 66.5 Å². The lowest BCUT2D eigenvalue weighted by molar-refractivity contribution is -0.117. The fourth-order valence-corrected chi connectivity index (χ4v) is 8.53. The summed E-state index contributed by atoms with van der Waals surface area (Å²) in [6.45, 7) is 5.97. The molecular weight excluding hydrogens is 663 g/mol. The van der Waals surface area contributed by atoms with E-state index in [0.29, 0.717) is 40.5 Å². The number of ether oxygens (including phenoxy) is 2. The highest BCUT2D eigenvalue weighted by Crippen LogP contribution is 2.44. The maximum Gasteiger partial charge on any atom is 0.417 e. The van der Waals surface area contributed by atoms with Crippen molar-refractivity contribution >= 4 is 45.6 Å². The maximum atomic E-state index is 14.0. The molecule has 1 unspecified atom stereocenters. The number of nitrogens with zero attached hydrogens (tertiary/aromatic N) is 2. The quantitative estimate of drug-likeness (QED) is 0.198. The first kappa shape index (κ1) is 32.9. The first-order valence-corrected chi connectivity index (χ1v) is 18.1. The zero-order chi connectivity index (χ0) is 35.0. The molecule has 4 aliphatic rings. The molecule has 11 heteroatoms. The Morgan fingerprint density at radius 2 is 1.67 bits per heavy atom. The highest BCUT2D eigenvalue weighted by atomic mass is 32.1. The van der Waals surface area contributed by atoms with E-state index in [-0.39, 0.29) is 23.4 Å². The Bertz CT molecular complexity index is 2030. The number of allylic oxidation sites excluding steroid dienone is 3. The summed E-state index contributed by atoms with van der Waals surface area (Å²) in [7, 11) is 0. The smallest absolute Gasteiger partial charge is 0.410 e. The van der Waals surface area contributed by atoms with Crippen LogP contribution in [0.25, 0.3) is 10.4 Å². The number of anilines is 3. The van der Waals surface area contributed by atoms with Gasteiger partial charge in [-0.3, -0.25) is 19.8 Å². The van der Waals surface area contributed by atoms with Gasteiger partial charge in [0.25, 0.3) is 11.8 Å². The lowest BCUT2D eigenvalue weighted by Crippen LogP contribution is -2.65. The molecule has 260 valence electrons. The Morgan fingerprint density at radius 1 is 0.922 bits per heavy atom. The largest absolute Gasteiger partial charge is 0.417 e. The summed E-state index contributed by atoms with van der Waals surface area (Å²) in [5.74, 6) is 0.173. The van der Waals surface area contributed by atoms with E-state index in [2.05, 4.69) is 20.9 Å². The SMILES string of the molecule is CC1=CC=C(C(=O)Nc2ccc(C(=O)N3CCc4cc(NC(=O)Oc5ccccc5)sc4-c4ccccc43)cc2)C(N2CC3(CCOCC3)C2)N1. The number of amides is 3. The highest BCUT2D eigenvalue weighted by molar-refractivity contribution is 7.19. The van der Waals surface area contributed by atoms with E-state index in [1.807, 2.05) is 72.5 Å². The van der Waals surface area contributed by atoms with Gasteiger partial charge in [0.15, 0.2) is 0 Å². The highest BCUT2D eigenvalue weighted by Gasteiger charge is 2.47. The van der Waals surface area contributed by atoms with E-state index >= 15 is 0 Å². The van der Waals surface area contributed by atoms with Crippen molar-refractivity contribution in [1.29, 1.82) is 0 Å². The second-order valence-corrected chi connectivity index (χ2v) is 14.6. The Balaban J connectivity index is 0.939. The van der Waals surface area contributed by atoms with Crippen molar-refractivity contribution in [2.75, 3.05) is 48.4 Å². The van der Waals surface area contributed by atoms with Crippen molar-refractivity contribution in [3.8, 4) is 16.2 Å². The van der Waals surface area contributed by atoms with E-state index in [4.69, 9.17) is 9.47 Å². The van der Waals surface area contributed by atoms with Gasteiger partial charge in [0.05, 0.1) is 16.3 Å². The topological polar surface area (TPSA) is 112 Å². The molecule has 0 radical (unpaired) electrons. The fourth-order valence-electron chi connectivity index (χ4n) is 7.40. The van der Waals surface area contributed by atoms with Crippen molar-refractivity contribution in [3.63, 3.8) is 0 Å². The van der Waals surface area contributed by atoms with Crippen molar-refractivity contribution in [1.82, 2.24) is 10.2 Å². The van der Waals surface area contributed by atoms with Crippen molar-refractivity contribution < 1.29 is 23.9 Å². The molecule has 1 aromatic heterocycles. The molecule has 2 fully saturated rings. The lowest BCUT2D eigenvalue weighted by atomic mass is 9.73. The molecule has 1 atom stereocenters. The van der Waals surface area contributed by atoms with Crippen LogP contribution >= 0.6 is 11.3 Å². The third-order valence-electron chi connectivity index (χ3n) is 10.1. The van der Waals surface area contributed by atoms with E-state index in [9.17, 15) is 14.4 Å². The van der Waals surface area contributed by atoms with Crippen LogP contribution in [0.4, 0.5) is 21.2 Å². The number of likely N-dealkylation sites (tertiary alicyclic amines) is 1. The van der Waals surface area contributed by atoms with Crippen LogP contribution in [-0.4, -0.2) is 61.8 Å². The summed E-state index contributed by atoms with van der Waals surface area (Å²) in [4.78, 5) is 45.3.